The number of nitrogens with one attached hydrogen (secondary N) is 1. The number of oxazole rings is 1. The summed E-state index contributed by atoms with van der Waals surface area (Å²) in [7, 11) is 1.50. The third kappa shape index (κ3) is 3.76. The van der Waals surface area contributed by atoms with Gasteiger partial charge in [-0.15, -0.1) is 0 Å². The molecular formula is C24H21FN2O3. The summed E-state index contributed by atoms with van der Waals surface area (Å²) in [6, 6.07) is 17.0. The zero-order chi connectivity index (χ0) is 21.3. The van der Waals surface area contributed by atoms with Gasteiger partial charge < -0.3 is 14.5 Å². The number of methoxy groups -OCH3 is 1. The molecule has 0 aliphatic rings. The van der Waals surface area contributed by atoms with Crippen molar-refractivity contribution >= 4 is 22.7 Å². The van der Waals surface area contributed by atoms with E-state index >= 15 is 0 Å². The highest BCUT2D eigenvalue weighted by atomic mass is 19.1. The van der Waals surface area contributed by atoms with Crippen molar-refractivity contribution in [1.29, 1.82) is 0 Å². The van der Waals surface area contributed by atoms with Gasteiger partial charge >= 0.3 is 0 Å². The van der Waals surface area contributed by atoms with E-state index in [4.69, 9.17) is 9.15 Å². The molecule has 0 aliphatic heterocycles. The zero-order valence-electron chi connectivity index (χ0n) is 16.9. The zero-order valence-corrected chi connectivity index (χ0v) is 16.9. The van der Waals surface area contributed by atoms with Crippen LogP contribution in [-0.4, -0.2) is 18.0 Å². The number of hydrogen-bond donors (Lipinski definition) is 1. The molecule has 1 N–H and O–H groups in total. The van der Waals surface area contributed by atoms with Crippen LogP contribution in [-0.2, 0) is 0 Å². The number of benzene rings is 3. The van der Waals surface area contributed by atoms with Gasteiger partial charge in [0.05, 0.1) is 18.4 Å². The molecule has 4 aromatic rings. The van der Waals surface area contributed by atoms with Crippen molar-refractivity contribution in [3.8, 4) is 17.2 Å². The van der Waals surface area contributed by atoms with Crippen molar-refractivity contribution in [2.75, 3.05) is 12.4 Å². The molecule has 0 saturated carbocycles. The maximum atomic E-state index is 14.0. The number of rotatable bonds is 5. The van der Waals surface area contributed by atoms with Crippen molar-refractivity contribution in [3.05, 3.63) is 77.6 Å². The van der Waals surface area contributed by atoms with E-state index in [1.54, 1.807) is 24.3 Å². The molecule has 0 saturated heterocycles. The van der Waals surface area contributed by atoms with E-state index in [9.17, 15) is 9.18 Å². The predicted molar refractivity (Wildman–Crippen MR) is 114 cm³/mol. The van der Waals surface area contributed by atoms with Crippen molar-refractivity contribution in [1.82, 2.24) is 4.98 Å². The molecule has 1 aromatic heterocycles. The van der Waals surface area contributed by atoms with E-state index in [1.807, 2.05) is 18.2 Å². The number of halogens is 1. The SMILES string of the molecule is COc1ccc(-c2nc3cc(C(C)C)ccc3o2)cc1NC(=O)c1ccccc1F. The number of ether oxygens (including phenoxy) is 1. The molecule has 0 atom stereocenters. The Labute approximate surface area is 173 Å². The van der Waals surface area contributed by atoms with Crippen molar-refractivity contribution in [2.24, 2.45) is 0 Å². The summed E-state index contributed by atoms with van der Waals surface area (Å²) in [5.41, 5.74) is 3.64. The van der Waals surface area contributed by atoms with Crippen LogP contribution >= 0.6 is 0 Å². The second-order valence-electron chi connectivity index (χ2n) is 7.25. The van der Waals surface area contributed by atoms with Gasteiger partial charge in [0, 0.05) is 5.56 Å². The molecule has 0 aliphatic carbocycles. The highest BCUT2D eigenvalue weighted by Gasteiger charge is 2.16. The lowest BCUT2D eigenvalue weighted by atomic mass is 10.0. The molecule has 30 heavy (non-hydrogen) atoms. The first-order valence-electron chi connectivity index (χ1n) is 9.61. The average molecular weight is 404 g/mol. The Hall–Kier alpha value is -3.67. The number of aromatic nitrogens is 1. The highest BCUT2D eigenvalue weighted by Crippen LogP contribution is 2.33. The number of hydrogen-bond acceptors (Lipinski definition) is 4. The Morgan fingerprint density at radius 3 is 2.63 bits per heavy atom. The Morgan fingerprint density at radius 1 is 1.10 bits per heavy atom. The first-order chi connectivity index (χ1) is 14.5. The largest absolute Gasteiger partial charge is 0.495 e. The van der Waals surface area contributed by atoms with Crippen LogP contribution in [0, 0.1) is 5.82 Å². The summed E-state index contributed by atoms with van der Waals surface area (Å²) in [6.45, 7) is 4.24. The Balaban J connectivity index is 1.70. The molecule has 152 valence electrons. The van der Waals surface area contributed by atoms with Crippen LogP contribution in [0.25, 0.3) is 22.6 Å². The van der Waals surface area contributed by atoms with E-state index < -0.39 is 11.7 Å². The number of nitrogens with zero attached hydrogens (tertiary/aromatic N) is 1. The summed E-state index contributed by atoms with van der Waals surface area (Å²) in [5.74, 6) is 0.0973. The summed E-state index contributed by atoms with van der Waals surface area (Å²) >= 11 is 0. The normalized spacial score (nSPS) is 11.1. The number of anilines is 1. The number of carbonyl (C=O) groups excluding carboxylic acids is 1. The lowest BCUT2D eigenvalue weighted by molar-refractivity contribution is 0.102. The Morgan fingerprint density at radius 2 is 1.90 bits per heavy atom. The molecule has 1 heterocycles. The van der Waals surface area contributed by atoms with E-state index in [0.29, 0.717) is 34.4 Å². The van der Waals surface area contributed by atoms with Crippen LogP contribution in [0.3, 0.4) is 0 Å². The number of carbonyl (C=O) groups is 1. The van der Waals surface area contributed by atoms with E-state index in [2.05, 4.69) is 24.1 Å². The molecular weight excluding hydrogens is 383 g/mol. The topological polar surface area (TPSA) is 64.4 Å². The van der Waals surface area contributed by atoms with Crippen LogP contribution < -0.4 is 10.1 Å². The Bertz CT molecular complexity index is 1230. The van der Waals surface area contributed by atoms with Crippen LogP contribution in [0.15, 0.2) is 65.1 Å². The molecule has 3 aromatic carbocycles. The minimum Gasteiger partial charge on any atom is -0.495 e. The lowest BCUT2D eigenvalue weighted by Crippen LogP contribution is -2.14. The van der Waals surface area contributed by atoms with E-state index in [0.717, 1.165) is 5.52 Å². The third-order valence-corrected chi connectivity index (χ3v) is 4.89. The molecule has 5 nitrogen and oxygen atoms in total. The van der Waals surface area contributed by atoms with Gasteiger partial charge in [-0.25, -0.2) is 9.37 Å². The van der Waals surface area contributed by atoms with Crippen LogP contribution in [0.1, 0.15) is 35.7 Å². The monoisotopic (exact) mass is 404 g/mol. The Kier molecular flexibility index (Phi) is 5.23. The summed E-state index contributed by atoms with van der Waals surface area (Å²) in [5, 5.41) is 2.71. The smallest absolute Gasteiger partial charge is 0.258 e. The van der Waals surface area contributed by atoms with Crippen LogP contribution in [0.2, 0.25) is 0 Å². The standard InChI is InChI=1S/C24H21FN2O3/c1-14(2)15-8-11-22-20(12-15)27-24(30-22)16-9-10-21(29-3)19(13-16)26-23(28)17-6-4-5-7-18(17)25/h4-14H,1-3H3,(H,26,28). The first kappa shape index (κ1) is 19.6. The van der Waals surface area contributed by atoms with E-state index in [1.165, 1.54) is 30.9 Å². The first-order valence-corrected chi connectivity index (χ1v) is 9.61. The highest BCUT2D eigenvalue weighted by molar-refractivity contribution is 6.05. The third-order valence-electron chi connectivity index (χ3n) is 4.89. The molecule has 4 rings (SSSR count). The fraction of sp³-hybridized carbons (Fsp3) is 0.167. The summed E-state index contributed by atoms with van der Waals surface area (Å²) in [4.78, 5) is 17.1. The summed E-state index contributed by atoms with van der Waals surface area (Å²) < 4.78 is 25.2. The molecule has 0 unspecified atom stereocenters. The van der Waals surface area contributed by atoms with Gasteiger partial charge in [0.25, 0.3) is 5.91 Å². The maximum absolute atomic E-state index is 14.0. The van der Waals surface area contributed by atoms with Gasteiger partial charge in [0.2, 0.25) is 5.89 Å². The molecule has 0 bridgehead atoms. The van der Waals surface area contributed by atoms with Crippen molar-refractivity contribution < 1.29 is 18.3 Å². The van der Waals surface area contributed by atoms with Crippen molar-refractivity contribution in [3.63, 3.8) is 0 Å². The van der Waals surface area contributed by atoms with Gasteiger partial charge in [0.1, 0.15) is 17.1 Å². The second kappa shape index (κ2) is 7.99. The van der Waals surface area contributed by atoms with Gasteiger partial charge in [-0.3, -0.25) is 4.79 Å². The summed E-state index contributed by atoms with van der Waals surface area (Å²) in [6.07, 6.45) is 0. The lowest BCUT2D eigenvalue weighted by Gasteiger charge is -2.11. The van der Waals surface area contributed by atoms with Crippen LogP contribution in [0.4, 0.5) is 10.1 Å². The van der Waals surface area contributed by atoms with E-state index in [-0.39, 0.29) is 5.56 Å². The molecule has 6 heteroatoms. The van der Waals surface area contributed by atoms with Crippen LogP contribution in [0.5, 0.6) is 5.75 Å². The molecule has 1 amide bonds. The second-order valence-corrected chi connectivity index (χ2v) is 7.25. The van der Waals surface area contributed by atoms with Gasteiger partial charge in [-0.1, -0.05) is 32.0 Å². The van der Waals surface area contributed by atoms with Gasteiger partial charge in [-0.05, 0) is 53.9 Å². The number of amides is 1. The molecule has 0 fully saturated rings. The minimum absolute atomic E-state index is 0.0481. The quantitative estimate of drug-likeness (QED) is 0.442. The number of fused-ring (bicyclic) bond motifs is 1. The molecule has 0 radical (unpaired) electrons. The minimum atomic E-state index is -0.593. The molecule has 0 spiro atoms. The van der Waals surface area contributed by atoms with Crippen molar-refractivity contribution in [2.45, 2.75) is 19.8 Å². The van der Waals surface area contributed by atoms with Gasteiger partial charge in [-0.2, -0.15) is 0 Å². The van der Waals surface area contributed by atoms with Gasteiger partial charge in [0.15, 0.2) is 5.58 Å². The predicted octanol–water partition coefficient (Wildman–Crippen LogP) is 6.02. The average Bonchev–Trinajstić information content (AvgIpc) is 3.17. The maximum Gasteiger partial charge on any atom is 0.258 e. The fourth-order valence-electron chi connectivity index (χ4n) is 3.20. The fourth-order valence-corrected chi connectivity index (χ4v) is 3.20.